The molecule has 0 aromatic heterocycles. The van der Waals surface area contributed by atoms with Crippen molar-refractivity contribution < 1.29 is 0 Å². The number of hydrogen-bond donors (Lipinski definition) is 1. The molecule has 1 N–H and O–H groups in total. The Balaban J connectivity index is 2.85. The molecule has 1 nitrogen and oxygen atoms in total. The molecule has 0 amide bonds. The molecule has 0 atom stereocenters. The third-order valence-electron chi connectivity index (χ3n) is 3.38. The number of rotatable bonds is 14. The van der Waals surface area contributed by atoms with E-state index in [1.165, 1.54) is 90.1 Å². The highest BCUT2D eigenvalue weighted by Gasteiger charge is 1.92. The summed E-state index contributed by atoms with van der Waals surface area (Å²) in [5.41, 5.74) is 0. The van der Waals surface area contributed by atoms with Crippen LogP contribution in [0, 0.1) is 0 Å². The van der Waals surface area contributed by atoms with Gasteiger partial charge in [0.05, 0.1) is 0 Å². The summed E-state index contributed by atoms with van der Waals surface area (Å²) >= 11 is 0. The molecule has 0 fully saturated rings. The first-order valence-electron chi connectivity index (χ1n) is 8.12. The van der Waals surface area contributed by atoms with Crippen molar-refractivity contribution in [1.82, 2.24) is 5.32 Å². The molecule has 0 aliphatic heterocycles. The Morgan fingerprint density at radius 1 is 0.471 bits per heavy atom. The van der Waals surface area contributed by atoms with Crippen LogP contribution in [0.4, 0.5) is 0 Å². The van der Waals surface area contributed by atoms with E-state index in [-0.39, 0.29) is 0 Å². The van der Waals surface area contributed by atoms with E-state index in [4.69, 9.17) is 0 Å². The molecule has 0 radical (unpaired) electrons. The van der Waals surface area contributed by atoms with E-state index in [0.717, 1.165) is 0 Å². The van der Waals surface area contributed by atoms with Gasteiger partial charge in [-0.2, -0.15) is 0 Å². The lowest BCUT2D eigenvalue weighted by Gasteiger charge is -2.03. The highest BCUT2D eigenvalue weighted by Crippen LogP contribution is 2.10. The van der Waals surface area contributed by atoms with Crippen molar-refractivity contribution in [2.75, 3.05) is 13.1 Å². The van der Waals surface area contributed by atoms with Gasteiger partial charge in [-0.05, 0) is 25.9 Å². The predicted molar refractivity (Wildman–Crippen MR) is 79.6 cm³/mol. The topological polar surface area (TPSA) is 12.0 Å². The fourth-order valence-electron chi connectivity index (χ4n) is 2.22. The van der Waals surface area contributed by atoms with Gasteiger partial charge in [0.2, 0.25) is 0 Å². The lowest BCUT2D eigenvalue weighted by Crippen LogP contribution is -2.15. The molecule has 0 heterocycles. The maximum absolute atomic E-state index is 3.47. The molecule has 0 aromatic rings. The molecule has 0 unspecified atom stereocenters. The Hall–Kier alpha value is -0.0400. The van der Waals surface area contributed by atoms with Gasteiger partial charge < -0.3 is 5.32 Å². The zero-order valence-electron chi connectivity index (χ0n) is 12.4. The Kier molecular flexibility index (Phi) is 15.9. The van der Waals surface area contributed by atoms with E-state index in [1.807, 2.05) is 0 Å². The molecule has 104 valence electrons. The Bertz CT molecular complexity index is 109. The summed E-state index contributed by atoms with van der Waals surface area (Å²) in [5, 5.41) is 3.47. The first-order valence-corrected chi connectivity index (χ1v) is 8.12. The van der Waals surface area contributed by atoms with Crippen LogP contribution in [0.1, 0.15) is 90.9 Å². The molecule has 0 bridgehead atoms. The zero-order chi connectivity index (χ0) is 12.6. The normalized spacial score (nSPS) is 10.9. The van der Waals surface area contributed by atoms with E-state index in [2.05, 4.69) is 19.2 Å². The predicted octanol–water partition coefficient (Wildman–Crippen LogP) is 5.30. The molecule has 17 heavy (non-hydrogen) atoms. The van der Waals surface area contributed by atoms with Gasteiger partial charge in [-0.1, -0.05) is 78.1 Å². The second kappa shape index (κ2) is 16.0. The molecule has 0 rings (SSSR count). The van der Waals surface area contributed by atoms with Crippen molar-refractivity contribution in [1.29, 1.82) is 0 Å². The third kappa shape index (κ3) is 16.0. The number of unbranched alkanes of at least 4 members (excludes halogenated alkanes) is 10. The van der Waals surface area contributed by atoms with Crippen LogP contribution in [0.25, 0.3) is 0 Å². The number of hydrogen-bond acceptors (Lipinski definition) is 1. The van der Waals surface area contributed by atoms with Crippen molar-refractivity contribution in [3.63, 3.8) is 0 Å². The second-order valence-electron chi connectivity index (χ2n) is 5.29. The van der Waals surface area contributed by atoms with Crippen LogP contribution >= 0.6 is 0 Å². The summed E-state index contributed by atoms with van der Waals surface area (Å²) in [6.07, 6.45) is 17.1. The monoisotopic (exact) mass is 241 g/mol. The standard InChI is InChI=1S/C16H35N/c1-3-5-6-7-8-9-10-11-12-13-14-16-17-15-4-2/h17H,3-16H2,1-2H3. The average Bonchev–Trinajstić information content (AvgIpc) is 2.35. The maximum atomic E-state index is 3.47. The molecular weight excluding hydrogens is 206 g/mol. The maximum Gasteiger partial charge on any atom is -0.00489 e. The van der Waals surface area contributed by atoms with Crippen LogP contribution in [0.15, 0.2) is 0 Å². The van der Waals surface area contributed by atoms with Crippen molar-refractivity contribution in [2.24, 2.45) is 0 Å². The van der Waals surface area contributed by atoms with Gasteiger partial charge in [-0.15, -0.1) is 0 Å². The van der Waals surface area contributed by atoms with Crippen LogP contribution in [0.3, 0.4) is 0 Å². The minimum absolute atomic E-state index is 1.19. The first-order chi connectivity index (χ1) is 8.41. The summed E-state index contributed by atoms with van der Waals surface area (Å²) in [6.45, 7) is 6.94. The first kappa shape index (κ1) is 17.0. The highest BCUT2D eigenvalue weighted by atomic mass is 14.8. The van der Waals surface area contributed by atoms with Gasteiger partial charge in [-0.25, -0.2) is 0 Å². The van der Waals surface area contributed by atoms with Gasteiger partial charge in [0.15, 0.2) is 0 Å². The molecular formula is C16H35N. The van der Waals surface area contributed by atoms with Gasteiger partial charge in [0, 0.05) is 0 Å². The van der Waals surface area contributed by atoms with E-state index < -0.39 is 0 Å². The lowest BCUT2D eigenvalue weighted by atomic mass is 10.1. The summed E-state index contributed by atoms with van der Waals surface area (Å²) in [4.78, 5) is 0. The molecule has 1 heteroatoms. The third-order valence-corrected chi connectivity index (χ3v) is 3.38. The Labute approximate surface area is 110 Å². The summed E-state index contributed by atoms with van der Waals surface area (Å²) in [5.74, 6) is 0. The van der Waals surface area contributed by atoms with E-state index in [1.54, 1.807) is 0 Å². The van der Waals surface area contributed by atoms with Crippen LogP contribution in [-0.4, -0.2) is 13.1 Å². The fourth-order valence-corrected chi connectivity index (χ4v) is 2.22. The van der Waals surface area contributed by atoms with Gasteiger partial charge in [0.1, 0.15) is 0 Å². The molecule has 0 aliphatic rings. The van der Waals surface area contributed by atoms with Gasteiger partial charge >= 0.3 is 0 Å². The molecule has 0 saturated heterocycles. The number of nitrogens with one attached hydrogen (secondary N) is 1. The summed E-state index contributed by atoms with van der Waals surface area (Å²) in [7, 11) is 0. The molecule has 0 spiro atoms. The van der Waals surface area contributed by atoms with Gasteiger partial charge in [-0.3, -0.25) is 0 Å². The van der Waals surface area contributed by atoms with Gasteiger partial charge in [0.25, 0.3) is 0 Å². The molecule has 0 aromatic carbocycles. The van der Waals surface area contributed by atoms with Crippen LogP contribution < -0.4 is 5.32 Å². The van der Waals surface area contributed by atoms with E-state index >= 15 is 0 Å². The molecule has 0 saturated carbocycles. The van der Waals surface area contributed by atoms with Crippen molar-refractivity contribution in [3.05, 3.63) is 0 Å². The van der Waals surface area contributed by atoms with Crippen molar-refractivity contribution in [3.8, 4) is 0 Å². The van der Waals surface area contributed by atoms with Crippen LogP contribution in [0.2, 0.25) is 0 Å². The van der Waals surface area contributed by atoms with Crippen LogP contribution in [-0.2, 0) is 0 Å². The van der Waals surface area contributed by atoms with Crippen LogP contribution in [0.5, 0.6) is 0 Å². The second-order valence-corrected chi connectivity index (χ2v) is 5.29. The minimum atomic E-state index is 1.19. The zero-order valence-corrected chi connectivity index (χ0v) is 12.4. The minimum Gasteiger partial charge on any atom is -0.317 e. The Morgan fingerprint density at radius 2 is 0.941 bits per heavy atom. The largest absolute Gasteiger partial charge is 0.317 e. The van der Waals surface area contributed by atoms with Crippen molar-refractivity contribution in [2.45, 2.75) is 90.9 Å². The quantitative estimate of drug-likeness (QED) is 0.407. The smallest absolute Gasteiger partial charge is 0.00489 e. The lowest BCUT2D eigenvalue weighted by molar-refractivity contribution is 0.539. The average molecular weight is 241 g/mol. The van der Waals surface area contributed by atoms with E-state index in [9.17, 15) is 0 Å². The van der Waals surface area contributed by atoms with Crippen molar-refractivity contribution >= 4 is 0 Å². The summed E-state index contributed by atoms with van der Waals surface area (Å²) in [6, 6.07) is 0. The molecule has 0 aliphatic carbocycles. The Morgan fingerprint density at radius 3 is 1.41 bits per heavy atom. The summed E-state index contributed by atoms with van der Waals surface area (Å²) < 4.78 is 0. The fraction of sp³-hybridized carbons (Fsp3) is 1.00. The van der Waals surface area contributed by atoms with E-state index in [0.29, 0.717) is 0 Å². The SMILES string of the molecule is CCCCCCCCCCCCCNCCC. The highest BCUT2D eigenvalue weighted by molar-refractivity contribution is 4.50.